The lowest BCUT2D eigenvalue weighted by molar-refractivity contribution is 0.201. The predicted molar refractivity (Wildman–Crippen MR) is 81.2 cm³/mol. The van der Waals surface area contributed by atoms with Gasteiger partial charge in [-0.25, -0.2) is 0 Å². The van der Waals surface area contributed by atoms with Crippen LogP contribution in [0.2, 0.25) is 0 Å². The molecule has 0 spiro atoms. The first kappa shape index (κ1) is 12.7. The van der Waals surface area contributed by atoms with Crippen molar-refractivity contribution in [1.29, 1.82) is 0 Å². The molecule has 0 unspecified atom stereocenters. The third-order valence-corrected chi connectivity index (χ3v) is 3.43. The van der Waals surface area contributed by atoms with Crippen molar-refractivity contribution < 1.29 is 4.74 Å². The van der Waals surface area contributed by atoms with Crippen molar-refractivity contribution in [2.24, 2.45) is 4.99 Å². The number of hydrogen-bond donors (Lipinski definition) is 0. The van der Waals surface area contributed by atoms with Crippen LogP contribution in [-0.2, 0) is 0 Å². The monoisotopic (exact) mass is 266 g/mol. The maximum Gasteiger partial charge on any atom is 0.162 e. The topological polar surface area (TPSA) is 24.8 Å². The van der Waals surface area contributed by atoms with E-state index in [1.165, 1.54) is 0 Å². The van der Waals surface area contributed by atoms with Crippen LogP contribution in [0.1, 0.15) is 11.1 Å². The molecule has 3 rings (SSSR count). The van der Waals surface area contributed by atoms with Crippen LogP contribution in [0.4, 0.5) is 0 Å². The molecule has 2 aromatic carbocycles. The van der Waals surface area contributed by atoms with Crippen molar-refractivity contribution in [2.75, 3.05) is 19.8 Å². The second-order valence-electron chi connectivity index (χ2n) is 4.87. The number of ether oxygens (including phenoxy) is 1. The summed E-state index contributed by atoms with van der Waals surface area (Å²) in [4.78, 5) is 6.77. The molecule has 2 aromatic rings. The first-order valence-electron chi connectivity index (χ1n) is 6.88. The van der Waals surface area contributed by atoms with E-state index < -0.39 is 0 Å². The van der Waals surface area contributed by atoms with Gasteiger partial charge in [0.25, 0.3) is 0 Å². The van der Waals surface area contributed by atoms with Crippen molar-refractivity contribution >= 4 is 5.84 Å². The van der Waals surface area contributed by atoms with Crippen LogP contribution in [-0.4, -0.2) is 30.6 Å². The summed E-state index contributed by atoms with van der Waals surface area (Å²) < 4.78 is 5.92. The largest absolute Gasteiger partial charge is 0.473 e. The van der Waals surface area contributed by atoms with Gasteiger partial charge in [0.1, 0.15) is 11.6 Å². The number of benzene rings is 2. The molecule has 0 bridgehead atoms. The summed E-state index contributed by atoms with van der Waals surface area (Å²) in [6, 6.07) is 18.4. The van der Waals surface area contributed by atoms with Crippen molar-refractivity contribution in [2.45, 2.75) is 6.92 Å². The van der Waals surface area contributed by atoms with Gasteiger partial charge in [-0.2, -0.15) is 0 Å². The molecule has 1 heterocycles. The van der Waals surface area contributed by atoms with Gasteiger partial charge in [0.2, 0.25) is 0 Å². The van der Waals surface area contributed by atoms with Gasteiger partial charge in [0.05, 0.1) is 6.54 Å². The van der Waals surface area contributed by atoms with Crippen molar-refractivity contribution in [1.82, 2.24) is 4.90 Å². The average molecular weight is 266 g/mol. The van der Waals surface area contributed by atoms with Crippen LogP contribution in [0.25, 0.3) is 0 Å². The van der Waals surface area contributed by atoms with Crippen LogP contribution in [0.5, 0.6) is 5.75 Å². The molecule has 0 N–H and O–H groups in total. The number of aliphatic imine (C=N–C) groups is 1. The highest BCUT2D eigenvalue weighted by Gasteiger charge is 2.18. The lowest BCUT2D eigenvalue weighted by atomic mass is 10.2. The van der Waals surface area contributed by atoms with E-state index in [1.807, 2.05) is 36.4 Å². The Bertz CT molecular complexity index is 607. The molecule has 1 aliphatic rings. The van der Waals surface area contributed by atoms with Gasteiger partial charge in [0.15, 0.2) is 6.73 Å². The Morgan fingerprint density at radius 1 is 1.05 bits per heavy atom. The molecule has 0 radical (unpaired) electrons. The van der Waals surface area contributed by atoms with Gasteiger partial charge in [-0.1, -0.05) is 48.5 Å². The molecule has 3 heteroatoms. The Balaban J connectivity index is 1.69. The second-order valence-corrected chi connectivity index (χ2v) is 4.87. The highest BCUT2D eigenvalue weighted by atomic mass is 16.5. The Hall–Kier alpha value is -2.29. The summed E-state index contributed by atoms with van der Waals surface area (Å²) in [6.45, 7) is 4.35. The standard InChI is InChI=1S/C17H18N2O/c1-14-7-5-6-10-16(14)20-13-19-12-11-18-17(19)15-8-3-2-4-9-15/h2-10H,11-13H2,1H3. The lowest BCUT2D eigenvalue weighted by Crippen LogP contribution is -2.32. The summed E-state index contributed by atoms with van der Waals surface area (Å²) in [5.74, 6) is 1.96. The Labute approximate surface area is 119 Å². The van der Waals surface area contributed by atoms with E-state index in [2.05, 4.69) is 35.0 Å². The fourth-order valence-electron chi connectivity index (χ4n) is 2.34. The number of amidine groups is 1. The van der Waals surface area contributed by atoms with Gasteiger partial charge in [0, 0.05) is 12.1 Å². The fourth-order valence-corrected chi connectivity index (χ4v) is 2.34. The Kier molecular flexibility index (Phi) is 3.68. The molecular weight excluding hydrogens is 248 g/mol. The summed E-state index contributed by atoms with van der Waals surface area (Å²) in [5, 5.41) is 0. The SMILES string of the molecule is Cc1ccccc1OCN1CCN=C1c1ccccc1. The number of rotatable bonds is 4. The molecule has 0 aromatic heterocycles. The van der Waals surface area contributed by atoms with Crippen LogP contribution in [0.15, 0.2) is 59.6 Å². The minimum atomic E-state index is 0.540. The quantitative estimate of drug-likeness (QED) is 0.849. The zero-order valence-electron chi connectivity index (χ0n) is 11.6. The summed E-state index contributed by atoms with van der Waals surface area (Å²) in [7, 11) is 0. The molecule has 0 amide bonds. The van der Waals surface area contributed by atoms with Crippen LogP contribution in [0, 0.1) is 6.92 Å². The fraction of sp³-hybridized carbons (Fsp3) is 0.235. The minimum Gasteiger partial charge on any atom is -0.473 e. The molecule has 0 saturated carbocycles. The van der Waals surface area contributed by atoms with Gasteiger partial charge in [-0.3, -0.25) is 4.99 Å². The van der Waals surface area contributed by atoms with E-state index in [1.54, 1.807) is 0 Å². The van der Waals surface area contributed by atoms with Gasteiger partial charge >= 0.3 is 0 Å². The maximum absolute atomic E-state index is 5.92. The normalized spacial score (nSPS) is 14.2. The van der Waals surface area contributed by atoms with E-state index in [0.29, 0.717) is 6.73 Å². The molecule has 0 aliphatic carbocycles. The van der Waals surface area contributed by atoms with E-state index >= 15 is 0 Å². The van der Waals surface area contributed by atoms with Crippen LogP contribution < -0.4 is 4.74 Å². The molecular formula is C17H18N2O. The molecule has 1 aliphatic heterocycles. The Morgan fingerprint density at radius 3 is 2.60 bits per heavy atom. The zero-order chi connectivity index (χ0) is 13.8. The average Bonchev–Trinajstić information content (AvgIpc) is 2.96. The molecule has 20 heavy (non-hydrogen) atoms. The molecule has 0 atom stereocenters. The third-order valence-electron chi connectivity index (χ3n) is 3.43. The lowest BCUT2D eigenvalue weighted by Gasteiger charge is -2.21. The van der Waals surface area contributed by atoms with Crippen LogP contribution in [0.3, 0.4) is 0 Å². The number of aryl methyl sites for hydroxylation is 1. The van der Waals surface area contributed by atoms with Gasteiger partial charge in [-0.05, 0) is 18.6 Å². The minimum absolute atomic E-state index is 0.540. The molecule has 3 nitrogen and oxygen atoms in total. The molecule has 0 saturated heterocycles. The zero-order valence-corrected chi connectivity index (χ0v) is 11.6. The highest BCUT2D eigenvalue weighted by Crippen LogP contribution is 2.18. The van der Waals surface area contributed by atoms with Gasteiger partial charge in [-0.15, -0.1) is 0 Å². The maximum atomic E-state index is 5.92. The number of para-hydroxylation sites is 1. The van der Waals surface area contributed by atoms with E-state index in [4.69, 9.17) is 4.74 Å². The summed E-state index contributed by atoms with van der Waals surface area (Å²) >= 11 is 0. The van der Waals surface area contributed by atoms with E-state index in [9.17, 15) is 0 Å². The van der Waals surface area contributed by atoms with Crippen molar-refractivity contribution in [3.63, 3.8) is 0 Å². The van der Waals surface area contributed by atoms with E-state index in [0.717, 1.165) is 35.8 Å². The van der Waals surface area contributed by atoms with E-state index in [-0.39, 0.29) is 0 Å². The predicted octanol–water partition coefficient (Wildman–Crippen LogP) is 3.09. The highest BCUT2D eigenvalue weighted by molar-refractivity contribution is 5.99. The molecule has 0 fully saturated rings. The Morgan fingerprint density at radius 2 is 1.80 bits per heavy atom. The van der Waals surface area contributed by atoms with Crippen LogP contribution >= 0.6 is 0 Å². The number of nitrogens with zero attached hydrogens (tertiary/aromatic N) is 2. The first-order valence-corrected chi connectivity index (χ1v) is 6.88. The van der Waals surface area contributed by atoms with Crippen molar-refractivity contribution in [3.05, 3.63) is 65.7 Å². The number of hydrogen-bond acceptors (Lipinski definition) is 3. The smallest absolute Gasteiger partial charge is 0.162 e. The van der Waals surface area contributed by atoms with Gasteiger partial charge < -0.3 is 9.64 Å². The third kappa shape index (κ3) is 2.67. The summed E-state index contributed by atoms with van der Waals surface area (Å²) in [6.07, 6.45) is 0. The summed E-state index contributed by atoms with van der Waals surface area (Å²) in [5.41, 5.74) is 2.31. The molecule has 102 valence electrons. The van der Waals surface area contributed by atoms with Crippen molar-refractivity contribution in [3.8, 4) is 5.75 Å². The first-order chi connectivity index (χ1) is 9.84. The second kappa shape index (κ2) is 5.78.